The molecule has 1 aliphatic rings. The van der Waals surface area contributed by atoms with Crippen LogP contribution in [0.3, 0.4) is 0 Å². The second-order valence-corrected chi connectivity index (χ2v) is 7.39. The summed E-state index contributed by atoms with van der Waals surface area (Å²) in [6.45, 7) is 6.45. The zero-order valence-electron chi connectivity index (χ0n) is 14.7. The molecular weight excluding hydrogens is 338 g/mol. The van der Waals surface area contributed by atoms with E-state index in [0.717, 1.165) is 29.4 Å². The second-order valence-electron chi connectivity index (χ2n) is 6.45. The first-order valence-corrected chi connectivity index (χ1v) is 9.43. The number of amides is 2. The van der Waals surface area contributed by atoms with E-state index in [9.17, 15) is 9.59 Å². The Morgan fingerprint density at radius 1 is 1.40 bits per heavy atom. The number of hydrogen-bond acceptors (Lipinski definition) is 5. The Labute approximate surface area is 151 Å². The van der Waals surface area contributed by atoms with Crippen molar-refractivity contribution in [3.05, 3.63) is 39.7 Å². The topological polar surface area (TPSA) is 75.4 Å². The van der Waals surface area contributed by atoms with Crippen molar-refractivity contribution in [2.45, 2.75) is 45.6 Å². The van der Waals surface area contributed by atoms with Crippen LogP contribution in [-0.2, 0) is 11.2 Å². The Morgan fingerprint density at radius 2 is 2.20 bits per heavy atom. The van der Waals surface area contributed by atoms with Gasteiger partial charge in [0.1, 0.15) is 17.2 Å². The molecule has 1 saturated heterocycles. The van der Waals surface area contributed by atoms with Crippen LogP contribution in [0.2, 0.25) is 0 Å². The largest absolute Gasteiger partial charge is 0.466 e. The van der Waals surface area contributed by atoms with Crippen LogP contribution in [0, 0.1) is 6.92 Å². The van der Waals surface area contributed by atoms with Gasteiger partial charge in [-0.05, 0) is 31.9 Å². The Kier molecular flexibility index (Phi) is 5.22. The van der Waals surface area contributed by atoms with E-state index in [4.69, 9.17) is 4.42 Å². The molecule has 0 bridgehead atoms. The smallest absolute Gasteiger partial charge is 0.273 e. The highest BCUT2D eigenvalue weighted by atomic mass is 32.1. The normalized spacial score (nSPS) is 20.0. The molecule has 6 nitrogen and oxygen atoms in total. The van der Waals surface area contributed by atoms with Crippen molar-refractivity contribution in [1.29, 1.82) is 0 Å². The van der Waals surface area contributed by atoms with Crippen molar-refractivity contribution in [2.24, 2.45) is 0 Å². The molecule has 3 heterocycles. The van der Waals surface area contributed by atoms with Crippen molar-refractivity contribution in [3.8, 4) is 0 Å². The number of aryl methyl sites for hydroxylation is 2. The van der Waals surface area contributed by atoms with Gasteiger partial charge in [-0.2, -0.15) is 0 Å². The molecule has 2 aromatic heterocycles. The molecule has 0 aliphatic carbocycles. The Morgan fingerprint density at radius 3 is 2.84 bits per heavy atom. The molecule has 7 heteroatoms. The molecular formula is C18H23N3O3S. The number of carbonyl (C=O) groups is 2. The van der Waals surface area contributed by atoms with Gasteiger partial charge in [0.25, 0.3) is 5.91 Å². The molecule has 0 aromatic carbocycles. The van der Waals surface area contributed by atoms with E-state index in [2.05, 4.69) is 17.2 Å². The number of furan rings is 1. The Balaban J connectivity index is 1.78. The summed E-state index contributed by atoms with van der Waals surface area (Å²) in [6.07, 6.45) is 1.90. The Hall–Kier alpha value is -2.15. The molecule has 25 heavy (non-hydrogen) atoms. The van der Waals surface area contributed by atoms with E-state index in [1.165, 1.54) is 18.3 Å². The summed E-state index contributed by atoms with van der Waals surface area (Å²) >= 11 is 1.53. The first-order valence-electron chi connectivity index (χ1n) is 8.55. The highest BCUT2D eigenvalue weighted by Crippen LogP contribution is 2.30. The lowest BCUT2D eigenvalue weighted by molar-refractivity contribution is -0.119. The maximum absolute atomic E-state index is 12.8. The summed E-state index contributed by atoms with van der Waals surface area (Å²) in [6, 6.07) is 3.67. The molecule has 0 saturated carbocycles. The standard InChI is InChI=1S/C18H23N3O3S/c1-4-5-17-20-15(10-25-17)18(23)21-8-13(14(9-21)19-12(3)22)16-7-6-11(2)24-16/h6-7,10,13-14H,4-5,8-9H2,1-3H3,(H,19,22)/t13-,14-/m1/s1. The Bertz CT molecular complexity index is 767. The van der Waals surface area contributed by atoms with E-state index < -0.39 is 0 Å². The average molecular weight is 361 g/mol. The molecule has 1 fully saturated rings. The van der Waals surface area contributed by atoms with Crippen LogP contribution >= 0.6 is 11.3 Å². The SMILES string of the molecule is CCCc1nc(C(=O)N2C[C@@H](NC(C)=O)[C@H](c3ccc(C)o3)C2)cs1. The third-order valence-electron chi connectivity index (χ3n) is 4.36. The van der Waals surface area contributed by atoms with Crippen LogP contribution in [0.1, 0.15) is 53.2 Å². The highest BCUT2D eigenvalue weighted by molar-refractivity contribution is 7.09. The van der Waals surface area contributed by atoms with Gasteiger partial charge >= 0.3 is 0 Å². The van der Waals surface area contributed by atoms with Gasteiger partial charge in [-0.15, -0.1) is 11.3 Å². The van der Waals surface area contributed by atoms with Crippen LogP contribution in [0.4, 0.5) is 0 Å². The maximum Gasteiger partial charge on any atom is 0.273 e. The lowest BCUT2D eigenvalue weighted by Gasteiger charge is -2.16. The lowest BCUT2D eigenvalue weighted by atomic mass is 10.0. The van der Waals surface area contributed by atoms with Gasteiger partial charge in [0.2, 0.25) is 5.91 Å². The third kappa shape index (κ3) is 3.92. The summed E-state index contributed by atoms with van der Waals surface area (Å²) in [5.41, 5.74) is 0.492. The zero-order valence-corrected chi connectivity index (χ0v) is 15.6. The van der Waals surface area contributed by atoms with Gasteiger partial charge in [0.15, 0.2) is 0 Å². The van der Waals surface area contributed by atoms with Crippen LogP contribution in [0.25, 0.3) is 0 Å². The van der Waals surface area contributed by atoms with Crippen LogP contribution in [0.5, 0.6) is 0 Å². The predicted molar refractivity (Wildman–Crippen MR) is 95.8 cm³/mol. The average Bonchev–Trinajstić information content (AvgIpc) is 3.26. The van der Waals surface area contributed by atoms with Crippen molar-refractivity contribution in [1.82, 2.24) is 15.2 Å². The third-order valence-corrected chi connectivity index (χ3v) is 5.27. The maximum atomic E-state index is 12.8. The molecule has 0 spiro atoms. The van der Waals surface area contributed by atoms with Gasteiger partial charge in [0, 0.05) is 25.4 Å². The number of rotatable bonds is 5. The second kappa shape index (κ2) is 7.39. The minimum Gasteiger partial charge on any atom is -0.466 e. The zero-order chi connectivity index (χ0) is 18.0. The van der Waals surface area contributed by atoms with Crippen LogP contribution in [0.15, 0.2) is 21.9 Å². The summed E-state index contributed by atoms with van der Waals surface area (Å²) < 4.78 is 5.75. The van der Waals surface area contributed by atoms with Crippen molar-refractivity contribution >= 4 is 23.2 Å². The quantitative estimate of drug-likeness (QED) is 0.888. The molecule has 2 atom stereocenters. The number of hydrogen-bond donors (Lipinski definition) is 1. The summed E-state index contributed by atoms with van der Waals surface area (Å²) in [5.74, 6) is 1.39. The number of aromatic nitrogens is 1. The molecule has 2 aromatic rings. The number of likely N-dealkylation sites (tertiary alicyclic amines) is 1. The van der Waals surface area contributed by atoms with E-state index >= 15 is 0 Å². The first kappa shape index (κ1) is 17.7. The van der Waals surface area contributed by atoms with Gasteiger partial charge in [0.05, 0.1) is 17.0 Å². The molecule has 3 rings (SSSR count). The van der Waals surface area contributed by atoms with Crippen LogP contribution in [-0.4, -0.2) is 40.8 Å². The minimum absolute atomic E-state index is 0.0460. The van der Waals surface area contributed by atoms with Gasteiger partial charge < -0.3 is 14.6 Å². The molecule has 1 aliphatic heterocycles. The van der Waals surface area contributed by atoms with Crippen molar-refractivity contribution in [3.63, 3.8) is 0 Å². The number of nitrogens with one attached hydrogen (secondary N) is 1. The lowest BCUT2D eigenvalue weighted by Crippen LogP contribution is -2.39. The monoisotopic (exact) mass is 361 g/mol. The van der Waals surface area contributed by atoms with Gasteiger partial charge in [-0.3, -0.25) is 9.59 Å². The van der Waals surface area contributed by atoms with E-state index in [1.54, 1.807) is 4.90 Å². The molecule has 2 amide bonds. The van der Waals surface area contributed by atoms with E-state index in [0.29, 0.717) is 18.8 Å². The molecule has 134 valence electrons. The molecule has 0 radical (unpaired) electrons. The number of carbonyl (C=O) groups excluding carboxylic acids is 2. The predicted octanol–water partition coefficient (Wildman–Crippen LogP) is 2.74. The van der Waals surface area contributed by atoms with Crippen molar-refractivity contribution in [2.75, 3.05) is 13.1 Å². The summed E-state index contributed by atoms with van der Waals surface area (Å²) in [5, 5.41) is 5.76. The van der Waals surface area contributed by atoms with E-state index in [1.807, 2.05) is 24.4 Å². The summed E-state index contributed by atoms with van der Waals surface area (Å²) in [4.78, 5) is 30.6. The first-order chi connectivity index (χ1) is 12.0. The highest BCUT2D eigenvalue weighted by Gasteiger charge is 2.39. The van der Waals surface area contributed by atoms with Crippen molar-refractivity contribution < 1.29 is 14.0 Å². The number of thiazole rings is 1. The van der Waals surface area contributed by atoms with E-state index in [-0.39, 0.29) is 23.8 Å². The van der Waals surface area contributed by atoms with Gasteiger partial charge in [-0.25, -0.2) is 4.98 Å². The minimum atomic E-state index is -0.152. The molecule has 0 unspecified atom stereocenters. The van der Waals surface area contributed by atoms with Gasteiger partial charge in [-0.1, -0.05) is 6.92 Å². The van der Waals surface area contributed by atoms with Crippen LogP contribution < -0.4 is 5.32 Å². The fourth-order valence-electron chi connectivity index (χ4n) is 3.22. The fourth-order valence-corrected chi connectivity index (χ4v) is 4.09. The summed E-state index contributed by atoms with van der Waals surface area (Å²) in [7, 11) is 0. The molecule has 1 N–H and O–H groups in total. The fraction of sp³-hybridized carbons (Fsp3) is 0.500. The number of nitrogens with zero attached hydrogens (tertiary/aromatic N) is 2.